The third-order valence-electron chi connectivity index (χ3n) is 5.21. The molecule has 0 N–H and O–H groups in total. The standard InChI is InChI=1S/C24H26N4O3/c1-16(2)13-27-23(29)21-22(25-15-26(21)14-18-9-7-8-17(3)12-18)28(24(27)30)19-10-5-6-11-20(19)31-4/h5-12,15-16H,13-14H2,1-4H3. The van der Waals surface area contributed by atoms with Gasteiger partial charge in [-0.3, -0.25) is 9.36 Å². The van der Waals surface area contributed by atoms with Gasteiger partial charge >= 0.3 is 5.69 Å². The van der Waals surface area contributed by atoms with Gasteiger partial charge in [-0.15, -0.1) is 0 Å². The summed E-state index contributed by atoms with van der Waals surface area (Å²) in [5.41, 5.74) is 2.73. The molecule has 4 rings (SSSR count). The predicted molar refractivity (Wildman–Crippen MR) is 121 cm³/mol. The molecule has 0 unspecified atom stereocenters. The van der Waals surface area contributed by atoms with Crippen molar-refractivity contribution >= 4 is 11.2 Å². The highest BCUT2D eigenvalue weighted by Gasteiger charge is 2.21. The summed E-state index contributed by atoms with van der Waals surface area (Å²) in [4.78, 5) is 31.3. The molecule has 2 aromatic carbocycles. The maximum absolute atomic E-state index is 13.4. The number of ether oxygens (including phenoxy) is 1. The SMILES string of the molecule is COc1ccccc1-n1c(=O)n(CC(C)C)c(=O)c2c1ncn2Cc1cccc(C)c1. The maximum atomic E-state index is 13.4. The highest BCUT2D eigenvalue weighted by Crippen LogP contribution is 2.23. The lowest BCUT2D eigenvalue weighted by atomic mass is 10.1. The first-order chi connectivity index (χ1) is 14.9. The Kier molecular flexibility index (Phi) is 5.50. The summed E-state index contributed by atoms with van der Waals surface area (Å²) >= 11 is 0. The molecule has 0 aliphatic heterocycles. The van der Waals surface area contributed by atoms with Crippen LogP contribution in [0.5, 0.6) is 5.75 Å². The quantitative estimate of drug-likeness (QED) is 0.481. The number of aryl methyl sites for hydroxylation is 1. The van der Waals surface area contributed by atoms with Crippen LogP contribution in [-0.4, -0.2) is 25.8 Å². The number of fused-ring (bicyclic) bond motifs is 1. The largest absolute Gasteiger partial charge is 0.495 e. The minimum absolute atomic E-state index is 0.127. The highest BCUT2D eigenvalue weighted by molar-refractivity contribution is 5.73. The average molecular weight is 418 g/mol. The van der Waals surface area contributed by atoms with Crippen LogP contribution in [0, 0.1) is 12.8 Å². The Morgan fingerprint density at radius 2 is 1.84 bits per heavy atom. The monoisotopic (exact) mass is 418 g/mol. The summed E-state index contributed by atoms with van der Waals surface area (Å²) in [7, 11) is 1.56. The molecule has 31 heavy (non-hydrogen) atoms. The van der Waals surface area contributed by atoms with Gasteiger partial charge in [0.2, 0.25) is 0 Å². The van der Waals surface area contributed by atoms with E-state index in [4.69, 9.17) is 4.74 Å². The molecule has 0 amide bonds. The molecule has 0 aliphatic carbocycles. The van der Waals surface area contributed by atoms with Crippen LogP contribution < -0.4 is 16.0 Å². The molecule has 7 heteroatoms. The van der Waals surface area contributed by atoms with E-state index in [1.165, 1.54) is 9.13 Å². The van der Waals surface area contributed by atoms with E-state index in [1.807, 2.05) is 55.7 Å². The van der Waals surface area contributed by atoms with Gasteiger partial charge in [0, 0.05) is 13.1 Å². The van der Waals surface area contributed by atoms with Crippen LogP contribution in [0.1, 0.15) is 25.0 Å². The summed E-state index contributed by atoms with van der Waals surface area (Å²) in [6, 6.07) is 15.4. The van der Waals surface area contributed by atoms with Crippen LogP contribution >= 0.6 is 0 Å². The molecule has 0 atom stereocenters. The number of imidazole rings is 1. The average Bonchev–Trinajstić information content (AvgIpc) is 3.14. The first-order valence-corrected chi connectivity index (χ1v) is 10.3. The Labute approximate surface area is 180 Å². The minimum atomic E-state index is -0.420. The van der Waals surface area contributed by atoms with Crippen LogP contribution in [0.3, 0.4) is 0 Å². The number of aromatic nitrogens is 4. The second kappa shape index (κ2) is 8.26. The van der Waals surface area contributed by atoms with Gasteiger partial charge in [0.15, 0.2) is 11.2 Å². The molecule has 0 saturated carbocycles. The molecular formula is C24H26N4O3. The summed E-state index contributed by atoms with van der Waals surface area (Å²) in [6.45, 7) is 6.79. The number of benzene rings is 2. The van der Waals surface area contributed by atoms with Crippen molar-refractivity contribution in [3.63, 3.8) is 0 Å². The van der Waals surface area contributed by atoms with Crippen molar-refractivity contribution in [3.8, 4) is 11.4 Å². The molecule has 7 nitrogen and oxygen atoms in total. The maximum Gasteiger partial charge on any atom is 0.337 e. The van der Waals surface area contributed by atoms with E-state index in [9.17, 15) is 9.59 Å². The first-order valence-electron chi connectivity index (χ1n) is 10.3. The summed E-state index contributed by atoms with van der Waals surface area (Å²) in [5, 5.41) is 0. The number of rotatable bonds is 6. The molecular weight excluding hydrogens is 392 g/mol. The smallest absolute Gasteiger partial charge is 0.337 e. The van der Waals surface area contributed by atoms with E-state index in [0.29, 0.717) is 35.7 Å². The van der Waals surface area contributed by atoms with Crippen LogP contribution in [0.15, 0.2) is 64.4 Å². The zero-order chi connectivity index (χ0) is 22.1. The van der Waals surface area contributed by atoms with Gasteiger partial charge in [0.05, 0.1) is 19.1 Å². The van der Waals surface area contributed by atoms with Gasteiger partial charge in [-0.25, -0.2) is 14.3 Å². The van der Waals surface area contributed by atoms with Crippen molar-refractivity contribution in [1.29, 1.82) is 0 Å². The Morgan fingerprint density at radius 1 is 1.06 bits per heavy atom. The Bertz CT molecular complexity index is 1360. The lowest BCUT2D eigenvalue weighted by molar-refractivity contribution is 0.411. The van der Waals surface area contributed by atoms with Gasteiger partial charge < -0.3 is 9.30 Å². The Hall–Kier alpha value is -3.61. The zero-order valence-electron chi connectivity index (χ0n) is 18.2. The molecule has 0 bridgehead atoms. The highest BCUT2D eigenvalue weighted by atomic mass is 16.5. The van der Waals surface area contributed by atoms with E-state index >= 15 is 0 Å². The molecule has 0 fully saturated rings. The molecule has 0 saturated heterocycles. The molecule has 0 aliphatic rings. The summed E-state index contributed by atoms with van der Waals surface area (Å²) in [6.07, 6.45) is 1.62. The molecule has 0 spiro atoms. The Balaban J connectivity index is 2.03. The van der Waals surface area contributed by atoms with Crippen LogP contribution in [0.25, 0.3) is 16.9 Å². The molecule has 0 radical (unpaired) electrons. The number of para-hydroxylation sites is 2. The van der Waals surface area contributed by atoms with Gasteiger partial charge in [0.25, 0.3) is 5.56 Å². The second-order valence-electron chi connectivity index (χ2n) is 8.13. The fourth-order valence-corrected chi connectivity index (χ4v) is 3.86. The lowest BCUT2D eigenvalue weighted by Crippen LogP contribution is -2.41. The topological polar surface area (TPSA) is 71.1 Å². The van der Waals surface area contributed by atoms with Gasteiger partial charge in [0.1, 0.15) is 5.75 Å². The third kappa shape index (κ3) is 3.79. The number of nitrogens with zero attached hydrogens (tertiary/aromatic N) is 4. The van der Waals surface area contributed by atoms with Crippen LogP contribution in [0.4, 0.5) is 0 Å². The summed E-state index contributed by atoms with van der Waals surface area (Å²) < 4.78 is 10.1. The predicted octanol–water partition coefficient (Wildman–Crippen LogP) is 3.37. The lowest BCUT2D eigenvalue weighted by Gasteiger charge is -2.16. The second-order valence-corrected chi connectivity index (χ2v) is 8.13. The van der Waals surface area contributed by atoms with Gasteiger partial charge in [-0.2, -0.15) is 0 Å². The number of hydrogen-bond donors (Lipinski definition) is 0. The van der Waals surface area contributed by atoms with Crippen molar-refractivity contribution in [2.75, 3.05) is 7.11 Å². The fraction of sp³-hybridized carbons (Fsp3) is 0.292. The van der Waals surface area contributed by atoms with E-state index in [-0.39, 0.29) is 11.5 Å². The molecule has 2 aromatic heterocycles. The first kappa shape index (κ1) is 20.7. The molecule has 2 heterocycles. The van der Waals surface area contributed by atoms with Crippen LogP contribution in [0.2, 0.25) is 0 Å². The van der Waals surface area contributed by atoms with E-state index in [0.717, 1.165) is 11.1 Å². The van der Waals surface area contributed by atoms with E-state index in [2.05, 4.69) is 11.1 Å². The minimum Gasteiger partial charge on any atom is -0.495 e. The van der Waals surface area contributed by atoms with Crippen molar-refractivity contribution in [2.24, 2.45) is 5.92 Å². The van der Waals surface area contributed by atoms with Crippen molar-refractivity contribution in [3.05, 3.63) is 86.8 Å². The van der Waals surface area contributed by atoms with Gasteiger partial charge in [-0.05, 0) is 30.5 Å². The van der Waals surface area contributed by atoms with E-state index in [1.54, 1.807) is 25.6 Å². The molecule has 160 valence electrons. The normalized spacial score (nSPS) is 11.4. The zero-order valence-corrected chi connectivity index (χ0v) is 18.2. The Morgan fingerprint density at radius 3 is 2.55 bits per heavy atom. The van der Waals surface area contributed by atoms with Gasteiger partial charge in [-0.1, -0.05) is 55.8 Å². The molecule has 4 aromatic rings. The number of hydrogen-bond acceptors (Lipinski definition) is 4. The van der Waals surface area contributed by atoms with E-state index < -0.39 is 5.69 Å². The fourth-order valence-electron chi connectivity index (χ4n) is 3.86. The third-order valence-corrected chi connectivity index (χ3v) is 5.21. The van der Waals surface area contributed by atoms with Crippen LogP contribution in [-0.2, 0) is 13.1 Å². The van der Waals surface area contributed by atoms with Crippen molar-refractivity contribution in [2.45, 2.75) is 33.9 Å². The number of methoxy groups -OCH3 is 1. The summed E-state index contributed by atoms with van der Waals surface area (Å²) in [5.74, 6) is 0.663. The van der Waals surface area contributed by atoms with Crippen molar-refractivity contribution < 1.29 is 4.74 Å². The van der Waals surface area contributed by atoms with Crippen molar-refractivity contribution in [1.82, 2.24) is 18.7 Å².